The number of nitrogens with one attached hydrogen (secondary N) is 1. The first-order chi connectivity index (χ1) is 8.70. The molecule has 1 heterocycles. The molecule has 4 nitrogen and oxygen atoms in total. The van der Waals surface area contributed by atoms with Crippen molar-refractivity contribution in [2.24, 2.45) is 0 Å². The van der Waals surface area contributed by atoms with Gasteiger partial charge < -0.3 is 9.88 Å². The zero-order chi connectivity index (χ0) is 13.0. The molecule has 0 aliphatic heterocycles. The van der Waals surface area contributed by atoms with E-state index in [4.69, 9.17) is 0 Å². The number of amides is 1. The molecule has 0 aromatic carbocycles. The molecule has 100 valence electrons. The van der Waals surface area contributed by atoms with Crippen molar-refractivity contribution in [3.8, 4) is 0 Å². The Hall–Kier alpha value is -1.32. The van der Waals surface area contributed by atoms with Gasteiger partial charge >= 0.3 is 0 Å². The second kappa shape index (κ2) is 6.03. The number of carbonyl (C=O) groups is 1. The van der Waals surface area contributed by atoms with E-state index in [2.05, 4.69) is 24.1 Å². The SMILES string of the molecule is CCCC(C)NC(=O)Cn1cnc2c1CCCC2. The van der Waals surface area contributed by atoms with Gasteiger partial charge in [0.1, 0.15) is 6.54 Å². The highest BCUT2D eigenvalue weighted by Gasteiger charge is 2.17. The topological polar surface area (TPSA) is 46.9 Å². The second-order valence-corrected chi connectivity index (χ2v) is 5.23. The summed E-state index contributed by atoms with van der Waals surface area (Å²) in [5.41, 5.74) is 2.45. The van der Waals surface area contributed by atoms with Gasteiger partial charge in [-0.05, 0) is 39.0 Å². The van der Waals surface area contributed by atoms with Crippen molar-refractivity contribution in [3.63, 3.8) is 0 Å². The molecule has 1 unspecified atom stereocenters. The summed E-state index contributed by atoms with van der Waals surface area (Å²) >= 11 is 0. The van der Waals surface area contributed by atoms with Crippen LogP contribution < -0.4 is 5.32 Å². The van der Waals surface area contributed by atoms with Gasteiger partial charge in [-0.2, -0.15) is 0 Å². The molecule has 1 aromatic rings. The van der Waals surface area contributed by atoms with Crippen LogP contribution in [0.1, 0.15) is 50.9 Å². The summed E-state index contributed by atoms with van der Waals surface area (Å²) in [7, 11) is 0. The van der Waals surface area contributed by atoms with Gasteiger partial charge in [0, 0.05) is 11.7 Å². The number of hydrogen-bond donors (Lipinski definition) is 1. The van der Waals surface area contributed by atoms with Crippen LogP contribution in [0, 0.1) is 0 Å². The first-order valence-corrected chi connectivity index (χ1v) is 7.03. The normalized spacial score (nSPS) is 16.1. The number of rotatable bonds is 5. The Labute approximate surface area is 109 Å². The molecular weight excluding hydrogens is 226 g/mol. The van der Waals surface area contributed by atoms with Gasteiger partial charge in [-0.15, -0.1) is 0 Å². The van der Waals surface area contributed by atoms with Gasteiger partial charge in [0.2, 0.25) is 5.91 Å². The van der Waals surface area contributed by atoms with Crippen molar-refractivity contribution in [1.82, 2.24) is 14.9 Å². The second-order valence-electron chi connectivity index (χ2n) is 5.23. The Bertz CT molecular complexity index is 411. The number of hydrogen-bond acceptors (Lipinski definition) is 2. The molecule has 1 aliphatic rings. The Morgan fingerprint density at radius 2 is 2.28 bits per heavy atom. The lowest BCUT2D eigenvalue weighted by Gasteiger charge is -2.16. The number of aryl methyl sites for hydroxylation is 1. The van der Waals surface area contributed by atoms with Crippen LogP contribution >= 0.6 is 0 Å². The van der Waals surface area contributed by atoms with Crippen molar-refractivity contribution in [2.45, 2.75) is 65.0 Å². The van der Waals surface area contributed by atoms with Crippen LogP contribution in [0.2, 0.25) is 0 Å². The minimum atomic E-state index is 0.0988. The van der Waals surface area contributed by atoms with Crippen LogP contribution in [0.3, 0.4) is 0 Å². The number of fused-ring (bicyclic) bond motifs is 1. The molecular formula is C14H23N3O. The zero-order valence-corrected chi connectivity index (χ0v) is 11.4. The van der Waals surface area contributed by atoms with Crippen LogP contribution in [0.15, 0.2) is 6.33 Å². The maximum Gasteiger partial charge on any atom is 0.240 e. The molecule has 0 saturated heterocycles. The Morgan fingerprint density at radius 1 is 1.50 bits per heavy atom. The van der Waals surface area contributed by atoms with Crippen LogP contribution in [0.5, 0.6) is 0 Å². The first kappa shape index (κ1) is 13.1. The van der Waals surface area contributed by atoms with E-state index in [0.717, 1.165) is 25.7 Å². The third-order valence-corrected chi connectivity index (χ3v) is 3.55. The molecule has 1 amide bonds. The Kier molecular flexibility index (Phi) is 4.39. The largest absolute Gasteiger partial charge is 0.352 e. The average molecular weight is 249 g/mol. The Balaban J connectivity index is 1.93. The van der Waals surface area contributed by atoms with Gasteiger partial charge in [-0.1, -0.05) is 13.3 Å². The Morgan fingerprint density at radius 3 is 3.06 bits per heavy atom. The lowest BCUT2D eigenvalue weighted by molar-refractivity contribution is -0.122. The lowest BCUT2D eigenvalue weighted by atomic mass is 10.0. The van der Waals surface area contributed by atoms with Crippen LogP contribution in [-0.4, -0.2) is 21.5 Å². The fraction of sp³-hybridized carbons (Fsp3) is 0.714. The van der Waals surface area contributed by atoms with Crippen LogP contribution in [0.4, 0.5) is 0 Å². The predicted octanol–water partition coefficient (Wildman–Crippen LogP) is 2.07. The van der Waals surface area contributed by atoms with E-state index in [1.165, 1.54) is 24.2 Å². The highest BCUT2D eigenvalue weighted by molar-refractivity contribution is 5.76. The molecule has 4 heteroatoms. The van der Waals surface area contributed by atoms with Gasteiger partial charge in [-0.25, -0.2) is 4.98 Å². The number of aromatic nitrogens is 2. The standard InChI is InChI=1S/C14H23N3O/c1-3-6-11(2)16-14(18)9-17-10-15-12-7-4-5-8-13(12)17/h10-11H,3-9H2,1-2H3,(H,16,18). The van der Waals surface area contributed by atoms with Crippen LogP contribution in [-0.2, 0) is 24.2 Å². The van der Waals surface area contributed by atoms with E-state index in [1.807, 2.05) is 10.9 Å². The first-order valence-electron chi connectivity index (χ1n) is 7.03. The maximum absolute atomic E-state index is 11.9. The monoisotopic (exact) mass is 249 g/mol. The molecule has 0 radical (unpaired) electrons. The van der Waals surface area contributed by atoms with Crippen molar-refractivity contribution in [3.05, 3.63) is 17.7 Å². The fourth-order valence-corrected chi connectivity index (χ4v) is 2.65. The van der Waals surface area contributed by atoms with E-state index in [1.54, 1.807) is 0 Å². The lowest BCUT2D eigenvalue weighted by Crippen LogP contribution is -2.35. The summed E-state index contributed by atoms with van der Waals surface area (Å²) in [6.07, 6.45) is 8.52. The molecule has 0 saturated carbocycles. The van der Waals surface area contributed by atoms with Crippen molar-refractivity contribution in [1.29, 1.82) is 0 Å². The predicted molar refractivity (Wildman–Crippen MR) is 71.4 cm³/mol. The summed E-state index contributed by atoms with van der Waals surface area (Å²) < 4.78 is 2.02. The summed E-state index contributed by atoms with van der Waals surface area (Å²) in [5.74, 6) is 0.0988. The summed E-state index contributed by atoms with van der Waals surface area (Å²) in [6, 6.07) is 0.266. The summed E-state index contributed by atoms with van der Waals surface area (Å²) in [6.45, 7) is 4.61. The quantitative estimate of drug-likeness (QED) is 0.868. The molecule has 18 heavy (non-hydrogen) atoms. The third-order valence-electron chi connectivity index (χ3n) is 3.55. The maximum atomic E-state index is 11.9. The third kappa shape index (κ3) is 3.12. The summed E-state index contributed by atoms with van der Waals surface area (Å²) in [4.78, 5) is 16.3. The molecule has 1 aliphatic carbocycles. The van der Waals surface area contributed by atoms with Gasteiger partial charge in [0.05, 0.1) is 12.0 Å². The van der Waals surface area contributed by atoms with Crippen molar-refractivity contribution in [2.75, 3.05) is 0 Å². The van der Waals surface area contributed by atoms with E-state index >= 15 is 0 Å². The molecule has 2 rings (SSSR count). The van der Waals surface area contributed by atoms with E-state index in [-0.39, 0.29) is 11.9 Å². The molecule has 0 spiro atoms. The van der Waals surface area contributed by atoms with Gasteiger partial charge in [-0.3, -0.25) is 4.79 Å². The molecule has 1 aromatic heterocycles. The minimum Gasteiger partial charge on any atom is -0.352 e. The number of carbonyl (C=O) groups excluding carboxylic acids is 1. The number of imidazole rings is 1. The van der Waals surface area contributed by atoms with Crippen LogP contribution in [0.25, 0.3) is 0 Å². The smallest absolute Gasteiger partial charge is 0.240 e. The molecule has 0 bridgehead atoms. The van der Waals surface area contributed by atoms with E-state index in [9.17, 15) is 4.79 Å². The fourth-order valence-electron chi connectivity index (χ4n) is 2.65. The van der Waals surface area contributed by atoms with Crippen molar-refractivity contribution >= 4 is 5.91 Å². The molecule has 0 fully saturated rings. The average Bonchev–Trinajstić information content (AvgIpc) is 2.73. The number of nitrogens with zero attached hydrogens (tertiary/aromatic N) is 2. The summed E-state index contributed by atoms with van der Waals surface area (Å²) in [5, 5.41) is 3.04. The highest BCUT2D eigenvalue weighted by Crippen LogP contribution is 2.19. The van der Waals surface area contributed by atoms with Crippen molar-refractivity contribution < 1.29 is 4.79 Å². The van der Waals surface area contributed by atoms with Gasteiger partial charge in [0.15, 0.2) is 0 Å². The molecule has 1 N–H and O–H groups in total. The minimum absolute atomic E-state index is 0.0988. The molecule has 1 atom stereocenters. The van der Waals surface area contributed by atoms with E-state index < -0.39 is 0 Å². The van der Waals surface area contributed by atoms with E-state index in [0.29, 0.717) is 6.54 Å². The zero-order valence-electron chi connectivity index (χ0n) is 11.4. The van der Waals surface area contributed by atoms with Gasteiger partial charge in [0.25, 0.3) is 0 Å². The highest BCUT2D eigenvalue weighted by atomic mass is 16.2.